The summed E-state index contributed by atoms with van der Waals surface area (Å²) in [5.41, 5.74) is -0.101. The molecule has 2 aromatic rings. The fourth-order valence-corrected chi connectivity index (χ4v) is 2.19. The fourth-order valence-electron chi connectivity index (χ4n) is 1.70. The third-order valence-electron chi connectivity index (χ3n) is 2.68. The van der Waals surface area contributed by atoms with Gasteiger partial charge in [0.2, 0.25) is 0 Å². The Kier molecular flexibility index (Phi) is 4.32. The summed E-state index contributed by atoms with van der Waals surface area (Å²) in [5.74, 6) is -2.39. The quantitative estimate of drug-likeness (QED) is 0.469. The van der Waals surface area contributed by atoms with E-state index in [1.165, 1.54) is 24.3 Å². The molecular weight excluding hydrogens is 389 g/mol. The van der Waals surface area contributed by atoms with Crippen LogP contribution in [-0.4, -0.2) is 27.2 Å². The van der Waals surface area contributed by atoms with E-state index in [0.717, 1.165) is 6.07 Å². The third-order valence-corrected chi connectivity index (χ3v) is 3.36. The molecule has 1 amide bonds. The Morgan fingerprint density at radius 2 is 1.71 bits per heavy atom. The molecule has 0 aliphatic rings. The molecule has 108 valence electrons. The van der Waals surface area contributed by atoms with Gasteiger partial charge in [0.05, 0.1) is 16.8 Å². The van der Waals surface area contributed by atoms with Crippen molar-refractivity contribution in [3.63, 3.8) is 0 Å². The first-order valence-corrected chi connectivity index (χ1v) is 6.82. The average molecular weight is 399 g/mol. The number of amides is 1. The van der Waals surface area contributed by atoms with Gasteiger partial charge < -0.3 is 20.6 Å². The van der Waals surface area contributed by atoms with E-state index in [-0.39, 0.29) is 28.3 Å². The molecule has 0 radical (unpaired) electrons. The monoisotopic (exact) mass is 399 g/mol. The van der Waals surface area contributed by atoms with Crippen molar-refractivity contribution in [3.05, 3.63) is 51.1 Å². The first-order chi connectivity index (χ1) is 9.88. The average Bonchev–Trinajstić information content (AvgIpc) is 2.43. The highest BCUT2D eigenvalue weighted by Gasteiger charge is 2.16. The van der Waals surface area contributed by atoms with Crippen molar-refractivity contribution in [2.24, 2.45) is 0 Å². The van der Waals surface area contributed by atoms with Gasteiger partial charge in [-0.25, -0.2) is 4.79 Å². The number of aromatic hydroxyl groups is 2. The Hall–Kier alpha value is -2.29. The number of halogens is 1. The fraction of sp³-hybridized carbons (Fsp3) is 0. The summed E-state index contributed by atoms with van der Waals surface area (Å²) in [6, 6.07) is 8.03. The minimum atomic E-state index is -1.18. The minimum absolute atomic E-state index is 0.0603. The second kappa shape index (κ2) is 6.00. The van der Waals surface area contributed by atoms with Crippen molar-refractivity contribution < 1.29 is 24.9 Å². The lowest BCUT2D eigenvalue weighted by molar-refractivity contribution is 0.0698. The highest BCUT2D eigenvalue weighted by atomic mass is 127. The molecule has 7 heteroatoms. The van der Waals surface area contributed by atoms with Gasteiger partial charge in [-0.2, -0.15) is 0 Å². The lowest BCUT2D eigenvalue weighted by atomic mass is 10.1. The number of phenolic OH excluding ortho intramolecular Hbond substituents is 2. The van der Waals surface area contributed by atoms with Crippen LogP contribution in [0.3, 0.4) is 0 Å². The van der Waals surface area contributed by atoms with Crippen molar-refractivity contribution in [1.29, 1.82) is 0 Å². The number of hydrogen-bond donors (Lipinski definition) is 4. The van der Waals surface area contributed by atoms with Crippen molar-refractivity contribution >= 4 is 40.2 Å². The van der Waals surface area contributed by atoms with Gasteiger partial charge in [0.25, 0.3) is 5.91 Å². The Balaban J connectivity index is 2.36. The molecule has 0 saturated carbocycles. The van der Waals surface area contributed by atoms with Gasteiger partial charge in [0, 0.05) is 3.57 Å². The molecule has 4 N–H and O–H groups in total. The molecule has 0 aliphatic heterocycles. The van der Waals surface area contributed by atoms with Crippen LogP contribution in [0.25, 0.3) is 0 Å². The van der Waals surface area contributed by atoms with E-state index in [1.54, 1.807) is 6.07 Å². The molecule has 2 aromatic carbocycles. The van der Waals surface area contributed by atoms with Gasteiger partial charge in [-0.3, -0.25) is 4.79 Å². The number of nitrogens with one attached hydrogen (secondary N) is 1. The van der Waals surface area contributed by atoms with Crippen molar-refractivity contribution in [3.8, 4) is 11.5 Å². The van der Waals surface area contributed by atoms with Crippen LogP contribution in [-0.2, 0) is 0 Å². The van der Waals surface area contributed by atoms with E-state index in [0.29, 0.717) is 3.57 Å². The molecule has 2 rings (SSSR count). The number of rotatable bonds is 3. The van der Waals surface area contributed by atoms with Crippen LogP contribution >= 0.6 is 22.6 Å². The van der Waals surface area contributed by atoms with Gasteiger partial charge >= 0.3 is 5.97 Å². The second-order valence-corrected chi connectivity index (χ2v) is 5.40. The molecule has 21 heavy (non-hydrogen) atoms. The predicted octanol–water partition coefficient (Wildman–Crippen LogP) is 2.65. The number of benzene rings is 2. The summed E-state index contributed by atoms with van der Waals surface area (Å²) < 4.78 is 0.711. The summed E-state index contributed by atoms with van der Waals surface area (Å²) in [6.07, 6.45) is 0. The molecule has 0 saturated heterocycles. The topological polar surface area (TPSA) is 107 Å². The van der Waals surface area contributed by atoms with Crippen LogP contribution < -0.4 is 5.32 Å². The highest BCUT2D eigenvalue weighted by molar-refractivity contribution is 14.1. The van der Waals surface area contributed by atoms with Crippen LogP contribution in [0.15, 0.2) is 36.4 Å². The standard InChI is InChI=1S/C14H10INO5/c15-7-1-3-11(9(5-7)14(20)21)16-13(19)10-6-8(17)2-4-12(10)18/h1-6,17-18H,(H,16,19)(H,20,21). The predicted molar refractivity (Wildman–Crippen MR) is 83.8 cm³/mol. The number of carbonyl (C=O) groups excluding carboxylic acids is 1. The Bertz CT molecular complexity index is 729. The molecule has 0 aromatic heterocycles. The van der Waals surface area contributed by atoms with Crippen LogP contribution in [0.2, 0.25) is 0 Å². The maximum absolute atomic E-state index is 12.1. The first-order valence-electron chi connectivity index (χ1n) is 5.74. The number of aromatic carboxylic acids is 1. The Morgan fingerprint density at radius 3 is 2.38 bits per heavy atom. The van der Waals surface area contributed by atoms with Gasteiger partial charge in [0.1, 0.15) is 11.5 Å². The number of anilines is 1. The zero-order chi connectivity index (χ0) is 15.6. The summed E-state index contributed by atoms with van der Waals surface area (Å²) in [7, 11) is 0. The largest absolute Gasteiger partial charge is 0.508 e. The summed E-state index contributed by atoms with van der Waals surface area (Å²) >= 11 is 1.96. The molecule has 6 nitrogen and oxygen atoms in total. The lowest BCUT2D eigenvalue weighted by Crippen LogP contribution is -2.15. The summed E-state index contributed by atoms with van der Waals surface area (Å²) in [5, 5.41) is 30.5. The number of carbonyl (C=O) groups is 2. The maximum atomic E-state index is 12.1. The Labute approximate surface area is 133 Å². The highest BCUT2D eigenvalue weighted by Crippen LogP contribution is 2.25. The zero-order valence-electron chi connectivity index (χ0n) is 10.5. The van der Waals surface area contributed by atoms with Crippen LogP contribution in [0, 0.1) is 3.57 Å². The van der Waals surface area contributed by atoms with Gasteiger partial charge in [-0.05, 0) is 59.0 Å². The van der Waals surface area contributed by atoms with Gasteiger partial charge in [0.15, 0.2) is 0 Å². The number of phenols is 2. The molecular formula is C14H10INO5. The molecule has 0 fully saturated rings. The number of carboxylic acids is 1. The minimum Gasteiger partial charge on any atom is -0.508 e. The normalized spacial score (nSPS) is 10.1. The summed E-state index contributed by atoms with van der Waals surface area (Å²) in [6.45, 7) is 0. The van der Waals surface area contributed by atoms with Crippen molar-refractivity contribution in [2.45, 2.75) is 0 Å². The summed E-state index contributed by atoms with van der Waals surface area (Å²) in [4.78, 5) is 23.2. The first kappa shape index (κ1) is 15.1. The Morgan fingerprint density at radius 1 is 1.00 bits per heavy atom. The molecule has 0 bridgehead atoms. The molecule has 0 unspecified atom stereocenters. The molecule has 0 spiro atoms. The molecule has 0 atom stereocenters. The van der Waals surface area contributed by atoms with E-state index in [9.17, 15) is 19.8 Å². The number of hydrogen-bond acceptors (Lipinski definition) is 4. The SMILES string of the molecule is O=C(Nc1ccc(I)cc1C(=O)O)c1cc(O)ccc1O. The second-order valence-electron chi connectivity index (χ2n) is 4.15. The van der Waals surface area contributed by atoms with Gasteiger partial charge in [-0.1, -0.05) is 0 Å². The zero-order valence-corrected chi connectivity index (χ0v) is 12.7. The van der Waals surface area contributed by atoms with Crippen LogP contribution in [0.1, 0.15) is 20.7 Å². The molecule has 0 aliphatic carbocycles. The third kappa shape index (κ3) is 3.43. The maximum Gasteiger partial charge on any atom is 0.337 e. The van der Waals surface area contributed by atoms with E-state index >= 15 is 0 Å². The lowest BCUT2D eigenvalue weighted by Gasteiger charge is -2.10. The van der Waals surface area contributed by atoms with Crippen molar-refractivity contribution in [1.82, 2.24) is 0 Å². The van der Waals surface area contributed by atoms with E-state index < -0.39 is 11.9 Å². The number of carboxylic acid groups (broad SMARTS) is 1. The van der Waals surface area contributed by atoms with Crippen molar-refractivity contribution in [2.75, 3.05) is 5.32 Å². The molecule has 0 heterocycles. The van der Waals surface area contributed by atoms with E-state index in [2.05, 4.69) is 5.32 Å². The smallest absolute Gasteiger partial charge is 0.337 e. The van der Waals surface area contributed by atoms with Crippen LogP contribution in [0.4, 0.5) is 5.69 Å². The van der Waals surface area contributed by atoms with E-state index in [4.69, 9.17) is 5.11 Å². The van der Waals surface area contributed by atoms with E-state index in [1.807, 2.05) is 22.6 Å². The van der Waals surface area contributed by atoms with Gasteiger partial charge in [-0.15, -0.1) is 0 Å². The van der Waals surface area contributed by atoms with Crippen LogP contribution in [0.5, 0.6) is 11.5 Å².